The fraction of sp³-hybridized carbons (Fsp3) is 0.316. The number of hydrogen-bond donors (Lipinski definition) is 1. The molecular weight excluding hydrogens is 286 g/mol. The Morgan fingerprint density at radius 1 is 1.04 bits per heavy atom. The van der Waals surface area contributed by atoms with Crippen LogP contribution in [0.4, 0.5) is 11.4 Å². The molecule has 4 heteroatoms. The molecule has 0 saturated heterocycles. The maximum absolute atomic E-state index is 11.4. The lowest BCUT2D eigenvalue weighted by molar-refractivity contribution is 0.0585. The van der Waals surface area contributed by atoms with Gasteiger partial charge in [-0.2, -0.15) is 5.10 Å². The van der Waals surface area contributed by atoms with E-state index in [1.54, 1.807) is 11.2 Å². The number of fused-ring (bicyclic) bond motifs is 1. The molecule has 23 heavy (non-hydrogen) atoms. The van der Waals surface area contributed by atoms with E-state index in [1.807, 2.05) is 81.4 Å². The van der Waals surface area contributed by atoms with Gasteiger partial charge in [0.15, 0.2) is 5.72 Å². The van der Waals surface area contributed by atoms with Gasteiger partial charge >= 0.3 is 0 Å². The minimum absolute atomic E-state index is 0.459. The molecule has 3 rings (SSSR count). The van der Waals surface area contributed by atoms with Crippen LogP contribution in [0.5, 0.6) is 0 Å². The van der Waals surface area contributed by atoms with E-state index in [0.29, 0.717) is 0 Å². The Kier molecular flexibility index (Phi) is 3.65. The zero-order chi connectivity index (χ0) is 16.7. The van der Waals surface area contributed by atoms with Crippen LogP contribution in [0.25, 0.3) is 0 Å². The Balaban J connectivity index is 1.95. The third kappa shape index (κ3) is 2.30. The maximum atomic E-state index is 11.4. The van der Waals surface area contributed by atoms with E-state index >= 15 is 0 Å². The van der Waals surface area contributed by atoms with Gasteiger partial charge in [-0.1, -0.05) is 50.2 Å². The third-order valence-electron chi connectivity index (χ3n) is 4.91. The van der Waals surface area contributed by atoms with Crippen LogP contribution in [0.1, 0.15) is 19.4 Å². The molecule has 1 atom stereocenters. The summed E-state index contributed by atoms with van der Waals surface area (Å²) in [5, 5.41) is 17.6. The number of anilines is 2. The molecule has 0 amide bonds. The van der Waals surface area contributed by atoms with Crippen molar-refractivity contribution in [2.45, 2.75) is 25.0 Å². The van der Waals surface area contributed by atoms with Gasteiger partial charge in [-0.3, -0.25) is 5.01 Å². The summed E-state index contributed by atoms with van der Waals surface area (Å²) in [5.41, 5.74) is 1.50. The zero-order valence-electron chi connectivity index (χ0n) is 14.1. The van der Waals surface area contributed by atoms with E-state index in [1.165, 1.54) is 0 Å². The van der Waals surface area contributed by atoms with Crippen molar-refractivity contribution >= 4 is 17.6 Å². The van der Waals surface area contributed by atoms with Crippen molar-refractivity contribution in [3.05, 3.63) is 60.2 Å². The number of likely N-dealkylation sites (N-methyl/N-ethyl adjacent to an activating group) is 1. The van der Waals surface area contributed by atoms with Gasteiger partial charge in [0.2, 0.25) is 0 Å². The molecule has 0 radical (unpaired) electrons. The summed E-state index contributed by atoms with van der Waals surface area (Å²) in [4.78, 5) is 1.89. The first kappa shape index (κ1) is 15.6. The number of benzene rings is 2. The summed E-state index contributed by atoms with van der Waals surface area (Å²) in [5.74, 6) is 0. The summed E-state index contributed by atoms with van der Waals surface area (Å²) in [7, 11) is 3.78. The lowest BCUT2D eigenvalue weighted by Crippen LogP contribution is -2.56. The minimum Gasteiger partial charge on any atom is -0.365 e. The Morgan fingerprint density at radius 2 is 1.65 bits per heavy atom. The average molecular weight is 309 g/mol. The fourth-order valence-corrected chi connectivity index (χ4v) is 3.22. The predicted octanol–water partition coefficient (Wildman–Crippen LogP) is 3.22. The topological polar surface area (TPSA) is 39.1 Å². The van der Waals surface area contributed by atoms with Gasteiger partial charge in [-0.15, -0.1) is 0 Å². The van der Waals surface area contributed by atoms with Gasteiger partial charge in [0, 0.05) is 25.2 Å². The largest absolute Gasteiger partial charge is 0.365 e. The molecule has 1 N–H and O–H groups in total. The molecule has 0 aromatic heterocycles. The van der Waals surface area contributed by atoms with Gasteiger partial charge < -0.3 is 10.0 Å². The van der Waals surface area contributed by atoms with Crippen molar-refractivity contribution < 1.29 is 5.11 Å². The quantitative estimate of drug-likeness (QED) is 0.699. The first-order chi connectivity index (χ1) is 10.9. The molecule has 0 spiro atoms. The lowest BCUT2D eigenvalue weighted by Gasteiger charge is -2.38. The lowest BCUT2D eigenvalue weighted by atomic mass is 9.78. The van der Waals surface area contributed by atoms with Crippen molar-refractivity contribution in [1.29, 1.82) is 0 Å². The van der Waals surface area contributed by atoms with E-state index in [9.17, 15) is 5.11 Å². The van der Waals surface area contributed by atoms with Gasteiger partial charge in [0.25, 0.3) is 0 Å². The Labute approximate surface area is 137 Å². The average Bonchev–Trinajstić information content (AvgIpc) is 2.73. The van der Waals surface area contributed by atoms with Crippen LogP contribution in [0.2, 0.25) is 0 Å². The molecule has 4 nitrogen and oxygen atoms in total. The van der Waals surface area contributed by atoms with Crippen LogP contribution >= 0.6 is 0 Å². The first-order valence-electron chi connectivity index (χ1n) is 7.77. The zero-order valence-corrected chi connectivity index (χ0v) is 14.1. The van der Waals surface area contributed by atoms with Gasteiger partial charge in [0.05, 0.1) is 11.9 Å². The van der Waals surface area contributed by atoms with Crippen molar-refractivity contribution in [3.8, 4) is 0 Å². The fourth-order valence-electron chi connectivity index (χ4n) is 3.22. The monoisotopic (exact) mass is 309 g/mol. The van der Waals surface area contributed by atoms with Crippen LogP contribution in [0.15, 0.2) is 59.7 Å². The molecule has 120 valence electrons. The highest BCUT2D eigenvalue weighted by Gasteiger charge is 2.54. The van der Waals surface area contributed by atoms with Gasteiger partial charge in [-0.25, -0.2) is 0 Å². The summed E-state index contributed by atoms with van der Waals surface area (Å²) in [6.07, 6.45) is 1.64. The van der Waals surface area contributed by atoms with Crippen LogP contribution in [0.3, 0.4) is 0 Å². The number of hydrazone groups is 1. The van der Waals surface area contributed by atoms with Crippen molar-refractivity contribution in [3.63, 3.8) is 0 Å². The van der Waals surface area contributed by atoms with E-state index in [4.69, 9.17) is 0 Å². The number of rotatable bonds is 3. The van der Waals surface area contributed by atoms with E-state index in [2.05, 4.69) is 11.2 Å². The SMILES string of the molecule is CN(N=CC1(O)N(C)c2ccccc2C1(C)C)c1ccccc1. The number of nitrogens with zero attached hydrogens (tertiary/aromatic N) is 3. The number of para-hydroxylation sites is 2. The van der Waals surface area contributed by atoms with Gasteiger partial charge in [0.1, 0.15) is 0 Å². The molecule has 1 unspecified atom stereocenters. The second-order valence-electron chi connectivity index (χ2n) is 6.53. The molecule has 0 aliphatic carbocycles. The highest BCUT2D eigenvalue weighted by Crippen LogP contribution is 2.48. The number of aliphatic hydroxyl groups is 1. The van der Waals surface area contributed by atoms with Crippen molar-refractivity contribution in [2.75, 3.05) is 24.0 Å². The highest BCUT2D eigenvalue weighted by atomic mass is 16.3. The van der Waals surface area contributed by atoms with Crippen molar-refractivity contribution in [2.24, 2.45) is 5.10 Å². The molecule has 0 fully saturated rings. The predicted molar refractivity (Wildman–Crippen MR) is 96.2 cm³/mol. The van der Waals surface area contributed by atoms with Crippen LogP contribution in [-0.2, 0) is 5.41 Å². The van der Waals surface area contributed by atoms with Crippen LogP contribution in [-0.4, -0.2) is 31.1 Å². The maximum Gasteiger partial charge on any atom is 0.185 e. The second-order valence-corrected chi connectivity index (χ2v) is 6.53. The number of hydrogen-bond acceptors (Lipinski definition) is 4. The second kappa shape index (κ2) is 5.39. The van der Waals surface area contributed by atoms with Gasteiger partial charge in [-0.05, 0) is 23.8 Å². The Bertz CT molecular complexity index is 726. The molecular formula is C19H23N3O. The van der Waals surface area contributed by atoms with E-state index < -0.39 is 11.1 Å². The Morgan fingerprint density at radius 3 is 2.30 bits per heavy atom. The molecule has 2 aromatic rings. The molecule has 1 aliphatic heterocycles. The molecule has 0 saturated carbocycles. The summed E-state index contributed by atoms with van der Waals surface area (Å²) >= 11 is 0. The molecule has 1 aliphatic rings. The molecule has 0 bridgehead atoms. The van der Waals surface area contributed by atoms with Crippen molar-refractivity contribution in [1.82, 2.24) is 0 Å². The first-order valence-corrected chi connectivity index (χ1v) is 7.77. The molecule has 2 aromatic carbocycles. The standard InChI is InChI=1S/C19H23N3O/c1-18(2)16-12-8-9-13-17(16)21(3)19(18,23)14-20-22(4)15-10-6-5-7-11-15/h5-14,23H,1-4H3. The summed E-state index contributed by atoms with van der Waals surface area (Å²) in [6, 6.07) is 18.0. The summed E-state index contributed by atoms with van der Waals surface area (Å²) < 4.78 is 0. The highest BCUT2D eigenvalue weighted by molar-refractivity contribution is 5.83. The van der Waals surface area contributed by atoms with E-state index in [0.717, 1.165) is 16.9 Å². The van der Waals surface area contributed by atoms with Crippen LogP contribution < -0.4 is 9.91 Å². The summed E-state index contributed by atoms with van der Waals surface area (Å²) in [6.45, 7) is 4.09. The Hall–Kier alpha value is -2.33. The normalized spacial score (nSPS) is 22.4. The smallest absolute Gasteiger partial charge is 0.185 e. The van der Waals surface area contributed by atoms with E-state index in [-0.39, 0.29) is 0 Å². The van der Waals surface area contributed by atoms with Crippen LogP contribution in [0, 0.1) is 0 Å². The minimum atomic E-state index is -1.18. The molecule has 1 heterocycles. The third-order valence-corrected chi connectivity index (χ3v) is 4.91.